The van der Waals surface area contributed by atoms with Crippen molar-refractivity contribution < 1.29 is 9.72 Å². The maximum Gasteiger partial charge on any atom is 0.270 e. The fraction of sp³-hybridized carbons (Fsp3) is 0.150. The fourth-order valence-electron chi connectivity index (χ4n) is 3.13. The molecular formula is C20H18ClN3O3. The van der Waals surface area contributed by atoms with Crippen LogP contribution in [0.1, 0.15) is 21.6 Å². The van der Waals surface area contributed by atoms with E-state index < -0.39 is 10.8 Å². The van der Waals surface area contributed by atoms with Gasteiger partial charge in [-0.3, -0.25) is 14.9 Å². The number of carbonyl (C=O) groups is 1. The number of benzene rings is 2. The molecule has 0 radical (unpaired) electrons. The van der Waals surface area contributed by atoms with Gasteiger partial charge in [0.05, 0.1) is 10.5 Å². The molecule has 6 nitrogen and oxygen atoms in total. The molecule has 2 N–H and O–H groups in total. The highest BCUT2D eigenvalue weighted by Crippen LogP contribution is 2.29. The number of aryl methyl sites for hydroxylation is 1. The molecule has 0 saturated heterocycles. The summed E-state index contributed by atoms with van der Waals surface area (Å²) in [6.07, 6.45) is 0.648. The molecule has 0 aliphatic heterocycles. The Bertz CT molecular complexity index is 1030. The first kappa shape index (κ1) is 18.7. The van der Waals surface area contributed by atoms with Crippen LogP contribution in [0.2, 0.25) is 5.02 Å². The van der Waals surface area contributed by atoms with E-state index in [9.17, 15) is 14.9 Å². The van der Waals surface area contributed by atoms with Crippen molar-refractivity contribution in [3.05, 3.63) is 86.6 Å². The summed E-state index contributed by atoms with van der Waals surface area (Å²) in [5.41, 5.74) is 8.95. The van der Waals surface area contributed by atoms with Gasteiger partial charge in [0, 0.05) is 40.7 Å². The average Bonchev–Trinajstić information content (AvgIpc) is 2.98. The van der Waals surface area contributed by atoms with Crippen molar-refractivity contribution in [2.45, 2.75) is 19.9 Å². The van der Waals surface area contributed by atoms with Crippen molar-refractivity contribution >= 4 is 23.2 Å². The monoisotopic (exact) mass is 383 g/mol. The van der Waals surface area contributed by atoms with Gasteiger partial charge in [-0.1, -0.05) is 41.9 Å². The number of amides is 1. The summed E-state index contributed by atoms with van der Waals surface area (Å²) in [6.45, 7) is 2.37. The van der Waals surface area contributed by atoms with Gasteiger partial charge in [0.25, 0.3) is 11.6 Å². The molecule has 0 aliphatic carbocycles. The van der Waals surface area contributed by atoms with Crippen LogP contribution >= 0.6 is 11.6 Å². The van der Waals surface area contributed by atoms with Crippen LogP contribution in [-0.2, 0) is 13.0 Å². The Kier molecular flexibility index (Phi) is 5.28. The van der Waals surface area contributed by atoms with E-state index in [0.717, 1.165) is 11.3 Å². The predicted molar refractivity (Wildman–Crippen MR) is 105 cm³/mol. The van der Waals surface area contributed by atoms with Gasteiger partial charge in [0.1, 0.15) is 0 Å². The predicted octanol–water partition coefficient (Wildman–Crippen LogP) is 4.37. The van der Waals surface area contributed by atoms with Gasteiger partial charge in [-0.05, 0) is 31.0 Å². The number of rotatable bonds is 6. The number of nitrogens with two attached hydrogens (primary N) is 1. The molecular weight excluding hydrogens is 366 g/mol. The third-order valence-corrected chi connectivity index (χ3v) is 4.92. The molecule has 3 aromatic rings. The molecule has 0 aliphatic rings. The first-order valence-corrected chi connectivity index (χ1v) is 8.74. The number of nitrogens with zero attached hydrogens (tertiary/aromatic N) is 2. The van der Waals surface area contributed by atoms with Crippen LogP contribution in [0.5, 0.6) is 0 Å². The summed E-state index contributed by atoms with van der Waals surface area (Å²) in [7, 11) is 0. The Labute approximate surface area is 161 Å². The molecule has 27 heavy (non-hydrogen) atoms. The van der Waals surface area contributed by atoms with Crippen molar-refractivity contribution in [1.82, 2.24) is 4.57 Å². The summed E-state index contributed by atoms with van der Waals surface area (Å²) < 4.78 is 1.95. The van der Waals surface area contributed by atoms with Crippen LogP contribution in [-0.4, -0.2) is 15.4 Å². The zero-order valence-electron chi connectivity index (χ0n) is 14.7. The highest BCUT2D eigenvalue weighted by molar-refractivity contribution is 6.31. The number of non-ortho nitro benzene ring substituents is 1. The van der Waals surface area contributed by atoms with Crippen LogP contribution in [0.4, 0.5) is 5.69 Å². The normalized spacial score (nSPS) is 10.7. The number of nitro benzene ring substituents is 1. The summed E-state index contributed by atoms with van der Waals surface area (Å²) >= 11 is 6.24. The van der Waals surface area contributed by atoms with E-state index in [4.69, 9.17) is 17.3 Å². The van der Waals surface area contributed by atoms with Gasteiger partial charge in [0.15, 0.2) is 0 Å². The zero-order chi connectivity index (χ0) is 19.6. The van der Waals surface area contributed by atoms with Crippen molar-refractivity contribution in [3.8, 4) is 11.3 Å². The second kappa shape index (κ2) is 7.63. The third-order valence-electron chi connectivity index (χ3n) is 4.55. The fourth-order valence-corrected chi connectivity index (χ4v) is 3.36. The summed E-state index contributed by atoms with van der Waals surface area (Å²) in [6, 6.07) is 15.6. The van der Waals surface area contributed by atoms with Gasteiger partial charge in [-0.2, -0.15) is 0 Å². The number of halogens is 1. The van der Waals surface area contributed by atoms with Crippen molar-refractivity contribution in [2.24, 2.45) is 5.73 Å². The Morgan fingerprint density at radius 1 is 1.19 bits per heavy atom. The molecule has 0 bridgehead atoms. The van der Waals surface area contributed by atoms with E-state index in [1.165, 1.54) is 12.1 Å². The lowest BCUT2D eigenvalue weighted by atomic mass is 10.1. The molecule has 1 amide bonds. The van der Waals surface area contributed by atoms with Crippen LogP contribution in [0, 0.1) is 17.0 Å². The zero-order valence-corrected chi connectivity index (χ0v) is 15.4. The van der Waals surface area contributed by atoms with Crippen LogP contribution in [0.3, 0.4) is 0 Å². The Hall–Kier alpha value is -3.12. The molecule has 0 saturated carbocycles. The largest absolute Gasteiger partial charge is 0.366 e. The molecule has 138 valence electrons. The Balaban J connectivity index is 2.04. The van der Waals surface area contributed by atoms with E-state index in [1.54, 1.807) is 18.2 Å². The SMILES string of the molecule is Cc1c(C(N)=O)cc(-c2cccc([N+](=O)[O-])c2)n1CCc1ccccc1Cl. The van der Waals surface area contributed by atoms with Gasteiger partial charge < -0.3 is 10.3 Å². The maximum atomic E-state index is 11.8. The minimum atomic E-state index is -0.532. The van der Waals surface area contributed by atoms with Crippen molar-refractivity contribution in [2.75, 3.05) is 0 Å². The first-order valence-electron chi connectivity index (χ1n) is 8.36. The number of nitro groups is 1. The molecule has 2 aromatic carbocycles. The topological polar surface area (TPSA) is 91.2 Å². The number of primary amides is 1. The summed E-state index contributed by atoms with van der Waals surface area (Å²) in [4.78, 5) is 22.5. The lowest BCUT2D eigenvalue weighted by Crippen LogP contribution is -2.13. The molecule has 0 unspecified atom stereocenters. The number of hydrogen-bond donors (Lipinski definition) is 1. The third kappa shape index (κ3) is 3.85. The lowest BCUT2D eigenvalue weighted by Gasteiger charge is -2.13. The van der Waals surface area contributed by atoms with Crippen LogP contribution in [0.15, 0.2) is 54.6 Å². The van der Waals surface area contributed by atoms with E-state index in [2.05, 4.69) is 0 Å². The molecule has 0 fully saturated rings. The summed E-state index contributed by atoms with van der Waals surface area (Å²) in [5, 5.41) is 11.8. The van der Waals surface area contributed by atoms with E-state index in [-0.39, 0.29) is 5.69 Å². The smallest absolute Gasteiger partial charge is 0.270 e. The maximum absolute atomic E-state index is 11.8. The quantitative estimate of drug-likeness (QED) is 0.506. The molecule has 1 aromatic heterocycles. The van der Waals surface area contributed by atoms with E-state index in [0.29, 0.717) is 34.8 Å². The highest BCUT2D eigenvalue weighted by Gasteiger charge is 2.18. The lowest BCUT2D eigenvalue weighted by molar-refractivity contribution is -0.384. The second-order valence-electron chi connectivity index (χ2n) is 6.19. The molecule has 7 heteroatoms. The standard InChI is InChI=1S/C20H18ClN3O3/c1-13-17(20(22)25)12-19(15-6-4-7-16(11-15)24(26)27)23(13)10-9-14-5-2-3-8-18(14)21/h2-8,11-12H,9-10H2,1H3,(H2,22,25). The number of carbonyl (C=O) groups excluding carboxylic acids is 1. The second-order valence-corrected chi connectivity index (χ2v) is 6.60. The van der Waals surface area contributed by atoms with Gasteiger partial charge >= 0.3 is 0 Å². The van der Waals surface area contributed by atoms with Gasteiger partial charge in [-0.25, -0.2) is 0 Å². The molecule has 3 rings (SSSR count). The van der Waals surface area contributed by atoms with E-state index >= 15 is 0 Å². The van der Waals surface area contributed by atoms with Crippen LogP contribution < -0.4 is 5.73 Å². The molecule has 1 heterocycles. The van der Waals surface area contributed by atoms with Crippen LogP contribution in [0.25, 0.3) is 11.3 Å². The average molecular weight is 384 g/mol. The van der Waals surface area contributed by atoms with Gasteiger partial charge in [-0.15, -0.1) is 0 Å². The minimum absolute atomic E-state index is 0.00960. The van der Waals surface area contributed by atoms with E-state index in [1.807, 2.05) is 35.8 Å². The van der Waals surface area contributed by atoms with Gasteiger partial charge in [0.2, 0.25) is 0 Å². The Morgan fingerprint density at radius 3 is 2.59 bits per heavy atom. The highest BCUT2D eigenvalue weighted by atomic mass is 35.5. The Morgan fingerprint density at radius 2 is 1.93 bits per heavy atom. The molecule has 0 atom stereocenters. The van der Waals surface area contributed by atoms with Crippen molar-refractivity contribution in [3.63, 3.8) is 0 Å². The first-order chi connectivity index (χ1) is 12.9. The number of aromatic nitrogens is 1. The molecule has 0 spiro atoms. The minimum Gasteiger partial charge on any atom is -0.366 e. The summed E-state index contributed by atoms with van der Waals surface area (Å²) in [5.74, 6) is -0.532. The number of hydrogen-bond acceptors (Lipinski definition) is 3. The van der Waals surface area contributed by atoms with Crippen molar-refractivity contribution in [1.29, 1.82) is 0 Å².